The lowest BCUT2D eigenvalue weighted by molar-refractivity contribution is 1.69. The van der Waals surface area contributed by atoms with Gasteiger partial charge in [0.1, 0.15) is 0 Å². The highest BCUT2D eigenvalue weighted by Gasteiger charge is 2.38. The predicted molar refractivity (Wildman–Crippen MR) is 205 cm³/mol. The number of rotatable bonds is 0. The van der Waals surface area contributed by atoms with Crippen LogP contribution in [0, 0.1) is 0 Å². The van der Waals surface area contributed by atoms with Crippen LogP contribution in [0.5, 0.6) is 0 Å². The minimum Gasteiger partial charge on any atom is -0.0895 e. The van der Waals surface area contributed by atoms with Crippen LogP contribution in [0.3, 0.4) is 0 Å². The van der Waals surface area contributed by atoms with E-state index >= 15 is 0 Å². The summed E-state index contributed by atoms with van der Waals surface area (Å²) in [6.07, 6.45) is 0. The van der Waals surface area contributed by atoms with Gasteiger partial charge < -0.3 is 0 Å². The monoisotopic (exact) mass is 732 g/mol. The second kappa shape index (κ2) is 11.2. The molecule has 3 aromatic rings. The highest BCUT2D eigenvalue weighted by molar-refractivity contribution is 8.53. The third kappa shape index (κ3) is 4.62. The van der Waals surface area contributed by atoms with Crippen molar-refractivity contribution in [2.24, 2.45) is 0 Å². The van der Waals surface area contributed by atoms with Crippen molar-refractivity contribution in [3.8, 4) is 0 Å². The topological polar surface area (TPSA) is 0 Å². The van der Waals surface area contributed by atoms with E-state index in [1.807, 2.05) is 141 Å². The molecular formula is C28H12S12. The summed E-state index contributed by atoms with van der Waals surface area (Å²) in [7, 11) is 0. The number of hydrogen-bond acceptors (Lipinski definition) is 12. The van der Waals surface area contributed by atoms with Gasteiger partial charge in [0.2, 0.25) is 0 Å². The number of thioether (sulfide) groups is 12. The van der Waals surface area contributed by atoms with Crippen molar-refractivity contribution in [2.75, 3.05) is 0 Å². The minimum atomic E-state index is 1.35. The van der Waals surface area contributed by atoms with E-state index in [0.717, 1.165) is 0 Å². The van der Waals surface area contributed by atoms with Gasteiger partial charge >= 0.3 is 0 Å². The van der Waals surface area contributed by atoms with Gasteiger partial charge in [0.15, 0.2) is 0 Å². The van der Waals surface area contributed by atoms with Gasteiger partial charge in [0.05, 0.1) is 42.4 Å². The normalized spacial score (nSPS) is 22.1. The molecule has 9 rings (SSSR count). The van der Waals surface area contributed by atoms with E-state index in [2.05, 4.69) is 70.2 Å². The van der Waals surface area contributed by atoms with Crippen LogP contribution in [0.2, 0.25) is 0 Å². The number of benzene rings is 3. The molecule has 0 saturated carbocycles. The molecule has 0 aromatic heterocycles. The molecule has 0 fully saturated rings. The molecule has 0 bridgehead atoms. The van der Waals surface area contributed by atoms with Crippen molar-refractivity contribution in [1.29, 1.82) is 0 Å². The molecule has 6 heterocycles. The molecule has 0 radical (unpaired) electrons. The zero-order chi connectivity index (χ0) is 26.2. The Labute approximate surface area is 282 Å². The first kappa shape index (κ1) is 26.9. The van der Waals surface area contributed by atoms with E-state index in [9.17, 15) is 0 Å². The molecule has 0 spiro atoms. The summed E-state index contributed by atoms with van der Waals surface area (Å²) >= 11 is 23.2. The summed E-state index contributed by atoms with van der Waals surface area (Å²) < 4.78 is 14.4. The lowest BCUT2D eigenvalue weighted by atomic mass is 9.99. The molecule has 0 aliphatic carbocycles. The van der Waals surface area contributed by atoms with Gasteiger partial charge in [-0.05, 0) is 43.2 Å². The molecule has 0 atom stereocenters. The van der Waals surface area contributed by atoms with Crippen molar-refractivity contribution >= 4 is 171 Å². The second-order valence-electron chi connectivity index (χ2n) is 8.55. The zero-order valence-corrected chi connectivity index (χ0v) is 29.6. The maximum Gasteiger partial charge on any atom is 0.0718 e. The average Bonchev–Trinajstić information content (AvgIpc) is 3.79. The number of hydrogen-bond donors (Lipinski definition) is 0. The van der Waals surface area contributed by atoms with Gasteiger partial charge in [-0.15, -0.1) is 0 Å². The summed E-state index contributed by atoms with van der Waals surface area (Å²) in [5, 5.41) is 17.0. The smallest absolute Gasteiger partial charge is 0.0718 e. The maximum absolute atomic E-state index is 2.32. The number of fused-ring (bicyclic) bond motifs is 2. The quantitative estimate of drug-likeness (QED) is 0.202. The molecule has 196 valence electrons. The summed E-state index contributed by atoms with van der Waals surface area (Å²) in [6.45, 7) is 0. The van der Waals surface area contributed by atoms with Crippen LogP contribution in [0.15, 0.2) is 104 Å². The first-order chi connectivity index (χ1) is 19.8. The summed E-state index contributed by atoms with van der Waals surface area (Å²) in [5.41, 5.74) is 0. The van der Waals surface area contributed by atoms with Crippen molar-refractivity contribution in [3.63, 3.8) is 0 Å². The van der Waals surface area contributed by atoms with Crippen LogP contribution in [0.25, 0.3) is 30.0 Å². The molecule has 12 heteroatoms. The molecule has 0 N–H and O–H groups in total. The van der Waals surface area contributed by atoms with Gasteiger partial charge in [-0.1, -0.05) is 190 Å². The van der Waals surface area contributed by atoms with E-state index in [0.29, 0.717) is 0 Å². The maximum atomic E-state index is 2.32. The zero-order valence-electron chi connectivity index (χ0n) is 19.8. The molecular weight excluding hydrogens is 721 g/mol. The highest BCUT2D eigenvalue weighted by Crippen LogP contribution is 2.74. The average molecular weight is 733 g/mol. The predicted octanol–water partition coefficient (Wildman–Crippen LogP) is 12.5. The standard InChI is InChI=1S/C28H12S12/c1-3-7-15-13(5-1)17(19-29-9-10-30-19)14-6-2-4-8-16(14)18(15)20-33-23-24(34-20)38-27(37-23)28-39-25-26(40-28)36-22(35-25)21-31-11-12-32-21/h1-12H. The van der Waals surface area contributed by atoms with E-state index in [1.165, 1.54) is 74.4 Å². The third-order valence-electron chi connectivity index (χ3n) is 6.30. The molecule has 0 amide bonds. The van der Waals surface area contributed by atoms with Crippen LogP contribution in [-0.2, 0) is 0 Å². The fourth-order valence-corrected chi connectivity index (χ4v) is 21.9. The van der Waals surface area contributed by atoms with Gasteiger partial charge in [-0.3, -0.25) is 0 Å². The molecule has 3 aromatic carbocycles. The Balaban J connectivity index is 1.06. The van der Waals surface area contributed by atoms with E-state index in [4.69, 9.17) is 0 Å². The lowest BCUT2D eigenvalue weighted by Gasteiger charge is -2.12. The largest absolute Gasteiger partial charge is 0.0895 e. The minimum absolute atomic E-state index is 1.35. The first-order valence-electron chi connectivity index (χ1n) is 11.8. The van der Waals surface area contributed by atoms with Crippen LogP contribution < -0.4 is 10.4 Å². The highest BCUT2D eigenvalue weighted by atomic mass is 32.3. The van der Waals surface area contributed by atoms with Gasteiger partial charge in [-0.2, -0.15) is 0 Å². The Morgan fingerprint density at radius 3 is 0.925 bits per heavy atom. The first-order valence-corrected chi connectivity index (χ1v) is 21.9. The molecule has 40 heavy (non-hydrogen) atoms. The van der Waals surface area contributed by atoms with Crippen molar-refractivity contribution in [2.45, 2.75) is 0 Å². The molecule has 6 aliphatic heterocycles. The van der Waals surface area contributed by atoms with Crippen LogP contribution in [0.4, 0.5) is 0 Å². The van der Waals surface area contributed by atoms with E-state index in [-0.39, 0.29) is 0 Å². The van der Waals surface area contributed by atoms with Crippen molar-refractivity contribution in [1.82, 2.24) is 0 Å². The molecule has 0 unspecified atom stereocenters. The van der Waals surface area contributed by atoms with Crippen LogP contribution in [0.1, 0.15) is 0 Å². The summed E-state index contributed by atoms with van der Waals surface area (Å²) in [4.78, 5) is 0. The van der Waals surface area contributed by atoms with Gasteiger partial charge in [-0.25, -0.2) is 0 Å². The van der Waals surface area contributed by atoms with E-state index in [1.54, 1.807) is 0 Å². The van der Waals surface area contributed by atoms with Gasteiger partial charge in [0, 0.05) is 10.4 Å². The Kier molecular flexibility index (Phi) is 7.52. The lowest BCUT2D eigenvalue weighted by Crippen LogP contribution is -2.16. The summed E-state index contributed by atoms with van der Waals surface area (Å²) in [6, 6.07) is 18.0. The summed E-state index contributed by atoms with van der Waals surface area (Å²) in [5.74, 6) is 0. The Morgan fingerprint density at radius 2 is 0.550 bits per heavy atom. The fraction of sp³-hybridized carbons (Fsp3) is 0. The SMILES string of the molecule is C1=CSC(=C2SC3=C(S2)SC(=C2SC4=C(S2)SC(=c2c5ccccc5c(=C5SC=CS5)c5ccccc25)S4)S3)S1. The van der Waals surface area contributed by atoms with E-state index < -0.39 is 0 Å². The molecule has 0 saturated heterocycles. The Hall–Kier alpha value is 0.560. The van der Waals surface area contributed by atoms with Crippen molar-refractivity contribution in [3.05, 3.63) is 114 Å². The van der Waals surface area contributed by atoms with Crippen molar-refractivity contribution < 1.29 is 0 Å². The Bertz CT molecular complexity index is 1880. The molecule has 6 aliphatic rings. The van der Waals surface area contributed by atoms with Crippen LogP contribution in [-0.4, -0.2) is 0 Å². The van der Waals surface area contributed by atoms with Gasteiger partial charge in [0.25, 0.3) is 0 Å². The fourth-order valence-electron chi connectivity index (χ4n) is 4.72. The second-order valence-corrected chi connectivity index (χ2v) is 23.0. The third-order valence-corrected chi connectivity index (χ3v) is 22.9. The Morgan fingerprint density at radius 1 is 0.275 bits per heavy atom. The van der Waals surface area contributed by atoms with Crippen LogP contribution >= 0.6 is 141 Å². The molecule has 0 nitrogen and oxygen atoms in total.